The third-order valence-corrected chi connectivity index (χ3v) is 2.59. The van der Waals surface area contributed by atoms with Gasteiger partial charge in [-0.05, 0) is 31.9 Å². The van der Waals surface area contributed by atoms with Gasteiger partial charge in [0.1, 0.15) is 0 Å². The van der Waals surface area contributed by atoms with Gasteiger partial charge in [0.2, 0.25) is 0 Å². The molecule has 80 valence electrons. The van der Waals surface area contributed by atoms with Crippen molar-refractivity contribution in [2.45, 2.75) is 39.3 Å². The molecule has 1 unspecified atom stereocenters. The van der Waals surface area contributed by atoms with Crippen LogP contribution < -0.4 is 5.32 Å². The average molecular weight is 202 g/mol. The normalized spacial score (nSPS) is 14.3. The van der Waals surface area contributed by atoms with Crippen molar-refractivity contribution in [2.75, 3.05) is 0 Å². The summed E-state index contributed by atoms with van der Waals surface area (Å²) in [5.41, 5.74) is 2.60. The lowest BCUT2D eigenvalue weighted by atomic mass is 10.0. The second kappa shape index (κ2) is 5.53. The molecule has 2 atom stereocenters. The van der Waals surface area contributed by atoms with Crippen LogP contribution in [0.4, 0.5) is 0 Å². The molecule has 2 nitrogen and oxygen atoms in total. The first-order valence-electron chi connectivity index (χ1n) is 5.33. The van der Waals surface area contributed by atoms with Crippen molar-refractivity contribution in [1.29, 1.82) is 5.26 Å². The van der Waals surface area contributed by atoms with Gasteiger partial charge in [0, 0.05) is 12.1 Å². The SMILES string of the molecule is Cc1ccccc1[C@H](C)NC(C)CC#N. The maximum absolute atomic E-state index is 8.58. The molecule has 1 aromatic carbocycles. The van der Waals surface area contributed by atoms with E-state index in [1.54, 1.807) is 0 Å². The van der Waals surface area contributed by atoms with Gasteiger partial charge in [-0.15, -0.1) is 0 Å². The van der Waals surface area contributed by atoms with Gasteiger partial charge in [0.15, 0.2) is 0 Å². The van der Waals surface area contributed by atoms with Crippen molar-refractivity contribution in [3.05, 3.63) is 35.4 Å². The monoisotopic (exact) mass is 202 g/mol. The Hall–Kier alpha value is -1.33. The molecule has 15 heavy (non-hydrogen) atoms. The number of benzene rings is 1. The Bertz CT molecular complexity index is 352. The highest BCUT2D eigenvalue weighted by Crippen LogP contribution is 2.17. The first kappa shape index (κ1) is 11.7. The molecule has 0 radical (unpaired) electrons. The summed E-state index contributed by atoms with van der Waals surface area (Å²) in [5, 5.41) is 12.0. The second-order valence-corrected chi connectivity index (χ2v) is 4.01. The molecule has 0 bridgehead atoms. The number of nitriles is 1. The predicted molar refractivity (Wildman–Crippen MR) is 62.4 cm³/mol. The Kier molecular flexibility index (Phi) is 4.33. The highest BCUT2D eigenvalue weighted by atomic mass is 14.9. The van der Waals surface area contributed by atoms with Crippen LogP contribution in [0.5, 0.6) is 0 Å². The van der Waals surface area contributed by atoms with Gasteiger partial charge in [-0.1, -0.05) is 24.3 Å². The average Bonchev–Trinajstić information content (AvgIpc) is 2.18. The van der Waals surface area contributed by atoms with Gasteiger partial charge in [-0.25, -0.2) is 0 Å². The Morgan fingerprint density at radius 1 is 1.33 bits per heavy atom. The van der Waals surface area contributed by atoms with E-state index in [9.17, 15) is 0 Å². The van der Waals surface area contributed by atoms with Crippen LogP contribution in [0, 0.1) is 18.3 Å². The van der Waals surface area contributed by atoms with Crippen LogP contribution in [0.3, 0.4) is 0 Å². The number of aryl methyl sites for hydroxylation is 1. The van der Waals surface area contributed by atoms with E-state index in [2.05, 4.69) is 43.4 Å². The van der Waals surface area contributed by atoms with E-state index < -0.39 is 0 Å². The summed E-state index contributed by atoms with van der Waals surface area (Å²) in [7, 11) is 0. The minimum Gasteiger partial charge on any atom is -0.307 e. The second-order valence-electron chi connectivity index (χ2n) is 4.01. The lowest BCUT2D eigenvalue weighted by Crippen LogP contribution is -2.28. The number of hydrogen-bond donors (Lipinski definition) is 1. The number of rotatable bonds is 4. The van der Waals surface area contributed by atoms with Gasteiger partial charge in [-0.2, -0.15) is 5.26 Å². The van der Waals surface area contributed by atoms with Crippen LogP contribution >= 0.6 is 0 Å². The molecule has 0 aliphatic heterocycles. The van der Waals surface area contributed by atoms with Crippen LogP contribution in [0.1, 0.15) is 37.4 Å². The molecule has 0 aliphatic rings. The summed E-state index contributed by atoms with van der Waals surface area (Å²) in [6.45, 7) is 6.29. The van der Waals surface area contributed by atoms with Crippen LogP contribution in [0.15, 0.2) is 24.3 Å². The van der Waals surface area contributed by atoms with E-state index in [-0.39, 0.29) is 6.04 Å². The Morgan fingerprint density at radius 3 is 2.60 bits per heavy atom. The van der Waals surface area contributed by atoms with E-state index >= 15 is 0 Å². The smallest absolute Gasteiger partial charge is 0.0638 e. The highest BCUT2D eigenvalue weighted by molar-refractivity contribution is 5.28. The van der Waals surface area contributed by atoms with Gasteiger partial charge in [0.05, 0.1) is 12.5 Å². The van der Waals surface area contributed by atoms with Crippen molar-refractivity contribution < 1.29 is 0 Å². The molecule has 0 saturated carbocycles. The molecule has 0 amide bonds. The van der Waals surface area contributed by atoms with Crippen LogP contribution in [-0.4, -0.2) is 6.04 Å². The Balaban J connectivity index is 2.66. The maximum atomic E-state index is 8.58. The van der Waals surface area contributed by atoms with Crippen LogP contribution in [0.2, 0.25) is 0 Å². The summed E-state index contributed by atoms with van der Waals surface area (Å²) in [6.07, 6.45) is 0.552. The van der Waals surface area contributed by atoms with E-state index in [4.69, 9.17) is 5.26 Å². The van der Waals surface area contributed by atoms with Crippen LogP contribution in [0.25, 0.3) is 0 Å². The molecule has 0 aromatic heterocycles. The van der Waals surface area contributed by atoms with Crippen molar-refractivity contribution in [3.63, 3.8) is 0 Å². The fourth-order valence-corrected chi connectivity index (χ4v) is 1.79. The molecular formula is C13H18N2. The molecule has 0 fully saturated rings. The number of nitrogens with zero attached hydrogens (tertiary/aromatic N) is 1. The lowest BCUT2D eigenvalue weighted by Gasteiger charge is -2.20. The molecule has 0 spiro atoms. The zero-order chi connectivity index (χ0) is 11.3. The van der Waals surface area contributed by atoms with Crippen molar-refractivity contribution >= 4 is 0 Å². The quantitative estimate of drug-likeness (QED) is 0.814. The fraction of sp³-hybridized carbons (Fsp3) is 0.462. The zero-order valence-corrected chi connectivity index (χ0v) is 9.62. The van der Waals surface area contributed by atoms with E-state index in [0.717, 1.165) is 0 Å². The van der Waals surface area contributed by atoms with Crippen molar-refractivity contribution in [3.8, 4) is 6.07 Å². The topological polar surface area (TPSA) is 35.8 Å². The Labute approximate surface area is 91.9 Å². The largest absolute Gasteiger partial charge is 0.307 e. The van der Waals surface area contributed by atoms with Gasteiger partial charge in [-0.3, -0.25) is 0 Å². The minimum atomic E-state index is 0.240. The van der Waals surface area contributed by atoms with Gasteiger partial charge in [0.25, 0.3) is 0 Å². The minimum absolute atomic E-state index is 0.240. The Morgan fingerprint density at radius 2 is 2.00 bits per heavy atom. The summed E-state index contributed by atoms with van der Waals surface area (Å²) < 4.78 is 0. The summed E-state index contributed by atoms with van der Waals surface area (Å²) >= 11 is 0. The molecular weight excluding hydrogens is 184 g/mol. The van der Waals surface area contributed by atoms with Gasteiger partial charge < -0.3 is 5.32 Å². The first-order valence-corrected chi connectivity index (χ1v) is 5.33. The van der Waals surface area contributed by atoms with Crippen molar-refractivity contribution in [1.82, 2.24) is 5.32 Å². The third kappa shape index (κ3) is 3.38. The summed E-state index contributed by atoms with van der Waals surface area (Å²) in [6, 6.07) is 11.1. The van der Waals surface area contributed by atoms with Gasteiger partial charge >= 0.3 is 0 Å². The summed E-state index contributed by atoms with van der Waals surface area (Å²) in [5.74, 6) is 0. The van der Waals surface area contributed by atoms with E-state index in [1.807, 2.05) is 13.0 Å². The van der Waals surface area contributed by atoms with Crippen LogP contribution in [-0.2, 0) is 0 Å². The predicted octanol–water partition coefficient (Wildman–Crippen LogP) is 2.95. The molecule has 0 aliphatic carbocycles. The number of hydrogen-bond acceptors (Lipinski definition) is 2. The standard InChI is InChI=1S/C13H18N2/c1-10-6-4-5-7-13(10)12(3)15-11(2)8-9-14/h4-7,11-12,15H,8H2,1-3H3/t11?,12-/m0/s1. The molecule has 0 heterocycles. The molecule has 0 saturated heterocycles. The number of nitrogens with one attached hydrogen (secondary N) is 1. The van der Waals surface area contributed by atoms with E-state index in [0.29, 0.717) is 12.5 Å². The zero-order valence-electron chi connectivity index (χ0n) is 9.62. The highest BCUT2D eigenvalue weighted by Gasteiger charge is 2.10. The first-order chi connectivity index (χ1) is 7.15. The molecule has 1 N–H and O–H groups in total. The maximum Gasteiger partial charge on any atom is 0.0638 e. The lowest BCUT2D eigenvalue weighted by molar-refractivity contribution is 0.484. The van der Waals surface area contributed by atoms with Crippen molar-refractivity contribution in [2.24, 2.45) is 0 Å². The molecule has 2 heteroatoms. The third-order valence-electron chi connectivity index (χ3n) is 2.59. The van der Waals surface area contributed by atoms with E-state index in [1.165, 1.54) is 11.1 Å². The summed E-state index contributed by atoms with van der Waals surface area (Å²) in [4.78, 5) is 0. The molecule has 1 rings (SSSR count). The fourth-order valence-electron chi connectivity index (χ4n) is 1.79. The molecule has 1 aromatic rings.